The standard InChI is InChI=1S/C15H23N3O2/c1-10-11(7-6-8-12(10)20-5)14(19)18-17-13(9-16)15(2,3)4/h6-8H,9,16H2,1-5H3,(H,18,19)/b17-13-. The minimum Gasteiger partial charge on any atom is -0.496 e. The summed E-state index contributed by atoms with van der Waals surface area (Å²) in [5.74, 6) is 0.410. The number of hydrazone groups is 1. The second kappa shape index (κ2) is 6.52. The molecule has 0 radical (unpaired) electrons. The van der Waals surface area contributed by atoms with Crippen molar-refractivity contribution in [1.29, 1.82) is 0 Å². The fourth-order valence-corrected chi connectivity index (χ4v) is 1.78. The summed E-state index contributed by atoms with van der Waals surface area (Å²) in [7, 11) is 1.58. The molecule has 0 spiro atoms. The third-order valence-electron chi connectivity index (χ3n) is 3.10. The lowest BCUT2D eigenvalue weighted by Crippen LogP contribution is -2.32. The summed E-state index contributed by atoms with van der Waals surface area (Å²) in [6.45, 7) is 8.15. The van der Waals surface area contributed by atoms with Gasteiger partial charge in [-0.2, -0.15) is 5.10 Å². The predicted octanol–water partition coefficient (Wildman–Crippen LogP) is 2.09. The largest absolute Gasteiger partial charge is 0.496 e. The number of methoxy groups -OCH3 is 1. The number of hydrogen-bond donors (Lipinski definition) is 2. The Kier molecular flexibility index (Phi) is 5.27. The van der Waals surface area contributed by atoms with Crippen LogP contribution in [0.2, 0.25) is 0 Å². The van der Waals surface area contributed by atoms with E-state index in [2.05, 4.69) is 10.5 Å². The molecule has 1 aromatic rings. The van der Waals surface area contributed by atoms with Crippen LogP contribution in [0.25, 0.3) is 0 Å². The highest BCUT2D eigenvalue weighted by Crippen LogP contribution is 2.21. The molecule has 0 heterocycles. The van der Waals surface area contributed by atoms with Gasteiger partial charge in [0.25, 0.3) is 5.91 Å². The van der Waals surface area contributed by atoms with Gasteiger partial charge in [-0.25, -0.2) is 5.43 Å². The van der Waals surface area contributed by atoms with Crippen molar-refractivity contribution in [2.45, 2.75) is 27.7 Å². The fraction of sp³-hybridized carbons (Fsp3) is 0.467. The van der Waals surface area contributed by atoms with Crippen LogP contribution < -0.4 is 15.9 Å². The van der Waals surface area contributed by atoms with E-state index < -0.39 is 0 Å². The highest BCUT2D eigenvalue weighted by molar-refractivity contribution is 5.98. The number of carbonyl (C=O) groups excluding carboxylic acids is 1. The van der Waals surface area contributed by atoms with Gasteiger partial charge in [0, 0.05) is 23.1 Å². The second-order valence-electron chi connectivity index (χ2n) is 5.59. The van der Waals surface area contributed by atoms with Gasteiger partial charge in [0.15, 0.2) is 0 Å². The molecule has 5 heteroatoms. The van der Waals surface area contributed by atoms with Crippen molar-refractivity contribution in [2.24, 2.45) is 16.3 Å². The Bertz CT molecular complexity index is 516. The Hall–Kier alpha value is -1.88. The average molecular weight is 277 g/mol. The molecule has 0 bridgehead atoms. The second-order valence-corrected chi connectivity index (χ2v) is 5.59. The van der Waals surface area contributed by atoms with Gasteiger partial charge in [-0.3, -0.25) is 4.79 Å². The Labute approximate surface area is 120 Å². The summed E-state index contributed by atoms with van der Waals surface area (Å²) in [5, 5.41) is 4.14. The maximum absolute atomic E-state index is 12.2. The highest BCUT2D eigenvalue weighted by Gasteiger charge is 2.18. The Morgan fingerprint density at radius 2 is 2.05 bits per heavy atom. The monoisotopic (exact) mass is 277 g/mol. The smallest absolute Gasteiger partial charge is 0.271 e. The first-order chi connectivity index (χ1) is 9.31. The summed E-state index contributed by atoms with van der Waals surface area (Å²) in [6, 6.07) is 5.33. The first-order valence-corrected chi connectivity index (χ1v) is 6.52. The van der Waals surface area contributed by atoms with E-state index >= 15 is 0 Å². The van der Waals surface area contributed by atoms with E-state index in [0.717, 1.165) is 11.3 Å². The van der Waals surface area contributed by atoms with Crippen molar-refractivity contribution in [1.82, 2.24) is 5.43 Å². The van der Waals surface area contributed by atoms with Crippen LogP contribution in [-0.4, -0.2) is 25.3 Å². The number of nitrogens with two attached hydrogens (primary N) is 1. The molecule has 0 fully saturated rings. The Morgan fingerprint density at radius 3 is 2.55 bits per heavy atom. The zero-order valence-electron chi connectivity index (χ0n) is 12.8. The average Bonchev–Trinajstić information content (AvgIpc) is 2.37. The van der Waals surface area contributed by atoms with Gasteiger partial charge in [0.2, 0.25) is 0 Å². The quantitative estimate of drug-likeness (QED) is 0.653. The molecule has 0 saturated heterocycles. The minimum absolute atomic E-state index is 0.175. The molecule has 0 saturated carbocycles. The van der Waals surface area contributed by atoms with Crippen molar-refractivity contribution in [3.8, 4) is 5.75 Å². The van der Waals surface area contributed by atoms with E-state index in [1.54, 1.807) is 19.2 Å². The molecule has 0 aromatic heterocycles. The number of amides is 1. The van der Waals surface area contributed by atoms with Crippen LogP contribution in [0.3, 0.4) is 0 Å². The van der Waals surface area contributed by atoms with Gasteiger partial charge in [-0.15, -0.1) is 0 Å². The summed E-state index contributed by atoms with van der Waals surface area (Å²) < 4.78 is 5.20. The molecule has 0 aliphatic carbocycles. The van der Waals surface area contributed by atoms with Gasteiger partial charge >= 0.3 is 0 Å². The molecule has 1 aromatic carbocycles. The highest BCUT2D eigenvalue weighted by atomic mass is 16.5. The van der Waals surface area contributed by atoms with Crippen molar-refractivity contribution in [3.05, 3.63) is 29.3 Å². The van der Waals surface area contributed by atoms with E-state index in [-0.39, 0.29) is 11.3 Å². The molecule has 3 N–H and O–H groups in total. The first kappa shape index (κ1) is 16.2. The van der Waals surface area contributed by atoms with Crippen LogP contribution in [0.5, 0.6) is 5.75 Å². The number of benzene rings is 1. The topological polar surface area (TPSA) is 76.7 Å². The van der Waals surface area contributed by atoms with E-state index in [0.29, 0.717) is 17.9 Å². The van der Waals surface area contributed by atoms with Crippen LogP contribution >= 0.6 is 0 Å². The summed E-state index contributed by atoms with van der Waals surface area (Å²) in [4.78, 5) is 12.2. The minimum atomic E-state index is -0.267. The molecule has 0 atom stereocenters. The van der Waals surface area contributed by atoms with E-state index in [4.69, 9.17) is 10.5 Å². The van der Waals surface area contributed by atoms with E-state index in [9.17, 15) is 4.79 Å². The Balaban J connectivity index is 2.95. The van der Waals surface area contributed by atoms with Crippen LogP contribution in [-0.2, 0) is 0 Å². The number of hydrogen-bond acceptors (Lipinski definition) is 4. The number of nitrogens with zero attached hydrogens (tertiary/aromatic N) is 1. The summed E-state index contributed by atoms with van der Waals surface area (Å²) in [6.07, 6.45) is 0. The number of carbonyl (C=O) groups is 1. The number of ether oxygens (including phenoxy) is 1. The van der Waals surface area contributed by atoms with Crippen LogP contribution in [0.15, 0.2) is 23.3 Å². The third kappa shape index (κ3) is 3.81. The maximum Gasteiger partial charge on any atom is 0.271 e. The van der Waals surface area contributed by atoms with E-state index in [1.165, 1.54) is 0 Å². The van der Waals surface area contributed by atoms with Crippen molar-refractivity contribution < 1.29 is 9.53 Å². The first-order valence-electron chi connectivity index (χ1n) is 6.52. The number of rotatable bonds is 4. The fourth-order valence-electron chi connectivity index (χ4n) is 1.78. The van der Waals surface area contributed by atoms with Crippen LogP contribution in [0.1, 0.15) is 36.7 Å². The van der Waals surface area contributed by atoms with Gasteiger partial charge in [-0.05, 0) is 19.1 Å². The third-order valence-corrected chi connectivity index (χ3v) is 3.10. The molecule has 0 unspecified atom stereocenters. The lowest BCUT2D eigenvalue weighted by Gasteiger charge is -2.20. The van der Waals surface area contributed by atoms with Crippen LogP contribution in [0.4, 0.5) is 0 Å². The predicted molar refractivity (Wildman–Crippen MR) is 81.1 cm³/mol. The molecule has 5 nitrogen and oxygen atoms in total. The molecule has 20 heavy (non-hydrogen) atoms. The van der Waals surface area contributed by atoms with Crippen molar-refractivity contribution in [3.63, 3.8) is 0 Å². The molecular formula is C15H23N3O2. The van der Waals surface area contributed by atoms with E-state index in [1.807, 2.05) is 33.8 Å². The van der Waals surface area contributed by atoms with Gasteiger partial charge in [0.1, 0.15) is 5.75 Å². The molecule has 1 rings (SSSR count). The van der Waals surface area contributed by atoms with Gasteiger partial charge in [0.05, 0.1) is 12.8 Å². The van der Waals surface area contributed by atoms with Gasteiger partial charge < -0.3 is 10.5 Å². The molecular weight excluding hydrogens is 254 g/mol. The summed E-state index contributed by atoms with van der Waals surface area (Å²) >= 11 is 0. The summed E-state index contributed by atoms with van der Waals surface area (Å²) in [5.41, 5.74) is 10.1. The lowest BCUT2D eigenvalue weighted by atomic mass is 9.90. The molecule has 1 amide bonds. The van der Waals surface area contributed by atoms with Crippen molar-refractivity contribution in [2.75, 3.05) is 13.7 Å². The molecule has 0 aliphatic heterocycles. The van der Waals surface area contributed by atoms with Gasteiger partial charge in [-0.1, -0.05) is 26.8 Å². The zero-order valence-corrected chi connectivity index (χ0v) is 12.8. The maximum atomic E-state index is 12.2. The molecule has 0 aliphatic rings. The number of nitrogens with one attached hydrogen (secondary N) is 1. The Morgan fingerprint density at radius 1 is 1.40 bits per heavy atom. The lowest BCUT2D eigenvalue weighted by molar-refractivity contribution is 0.0953. The molecule has 110 valence electrons. The zero-order chi connectivity index (χ0) is 15.3. The SMILES string of the molecule is COc1cccc(C(=O)N/N=C(/CN)C(C)(C)C)c1C. The normalized spacial score (nSPS) is 12.2. The van der Waals surface area contributed by atoms with Crippen molar-refractivity contribution >= 4 is 11.6 Å². The van der Waals surface area contributed by atoms with Crippen LogP contribution in [0, 0.1) is 12.3 Å².